The zero-order valence-electron chi connectivity index (χ0n) is 16.8. The molecule has 2 amide bonds. The van der Waals surface area contributed by atoms with Gasteiger partial charge < -0.3 is 14.5 Å². The van der Waals surface area contributed by atoms with Crippen LogP contribution < -0.4 is 0 Å². The molecule has 29 heavy (non-hydrogen) atoms. The van der Waals surface area contributed by atoms with Gasteiger partial charge in [-0.25, -0.2) is 14.8 Å². The Morgan fingerprint density at radius 3 is 2.38 bits per heavy atom. The monoisotopic (exact) mass is 414 g/mol. The van der Waals surface area contributed by atoms with E-state index in [4.69, 9.17) is 4.74 Å². The molecule has 3 heterocycles. The van der Waals surface area contributed by atoms with E-state index in [1.165, 1.54) is 6.07 Å². The van der Waals surface area contributed by atoms with Crippen molar-refractivity contribution >= 4 is 12.0 Å². The van der Waals surface area contributed by atoms with Crippen LogP contribution in [0.2, 0.25) is 0 Å². The van der Waals surface area contributed by atoms with Gasteiger partial charge in [0.25, 0.3) is 0 Å². The van der Waals surface area contributed by atoms with Crippen LogP contribution >= 0.6 is 0 Å². The lowest BCUT2D eigenvalue weighted by atomic mass is 9.77. The fraction of sp³-hybridized carbons (Fsp3) is 0.684. The predicted molar refractivity (Wildman–Crippen MR) is 96.5 cm³/mol. The number of carbonyl (C=O) groups is 2. The average molecular weight is 414 g/mol. The van der Waals surface area contributed by atoms with Gasteiger partial charge in [0.15, 0.2) is 0 Å². The molecule has 10 heteroatoms. The number of halogens is 3. The lowest BCUT2D eigenvalue weighted by Gasteiger charge is -2.38. The van der Waals surface area contributed by atoms with Crippen molar-refractivity contribution in [2.75, 3.05) is 19.6 Å². The van der Waals surface area contributed by atoms with Crippen LogP contribution in [-0.4, -0.2) is 57.0 Å². The van der Waals surface area contributed by atoms with Crippen LogP contribution in [0.25, 0.3) is 0 Å². The van der Waals surface area contributed by atoms with Gasteiger partial charge in [0.1, 0.15) is 5.60 Å². The van der Waals surface area contributed by atoms with Gasteiger partial charge in [-0.05, 0) is 46.1 Å². The van der Waals surface area contributed by atoms with E-state index in [-0.39, 0.29) is 18.1 Å². The Kier molecular flexibility index (Phi) is 5.48. The molecular formula is C19H25F3N4O3. The number of carbonyl (C=O) groups excluding carboxylic acids is 2. The standard InChI is InChI=1S/C19H25F3N4O3/c1-17(2,3)29-16(28)25-9-5-18(6-10-25)7-11-26(15(18)27)12-13-4-8-23-14(24-13)19(20,21)22/h4,8H,5-7,9-12H2,1-3H3. The summed E-state index contributed by atoms with van der Waals surface area (Å²) in [6, 6.07) is 1.39. The van der Waals surface area contributed by atoms with Crippen LogP contribution in [0.5, 0.6) is 0 Å². The zero-order chi connectivity index (χ0) is 21.4. The molecule has 1 aromatic heterocycles. The van der Waals surface area contributed by atoms with Crippen LogP contribution in [0.15, 0.2) is 12.3 Å². The number of amides is 2. The second kappa shape index (κ2) is 7.46. The fourth-order valence-electron chi connectivity index (χ4n) is 3.77. The number of rotatable bonds is 2. The number of nitrogens with zero attached hydrogens (tertiary/aromatic N) is 4. The van der Waals surface area contributed by atoms with Gasteiger partial charge in [0, 0.05) is 25.8 Å². The third kappa shape index (κ3) is 4.79. The third-order valence-electron chi connectivity index (χ3n) is 5.29. The second-order valence-electron chi connectivity index (χ2n) is 8.59. The van der Waals surface area contributed by atoms with E-state index in [1.54, 1.807) is 30.6 Å². The van der Waals surface area contributed by atoms with E-state index >= 15 is 0 Å². The Hall–Kier alpha value is -2.39. The van der Waals surface area contributed by atoms with Gasteiger partial charge in [-0.2, -0.15) is 13.2 Å². The highest BCUT2D eigenvalue weighted by Crippen LogP contribution is 2.42. The Bertz CT molecular complexity index is 784. The molecule has 0 unspecified atom stereocenters. The number of likely N-dealkylation sites (tertiary alicyclic amines) is 2. The molecule has 2 saturated heterocycles. The maximum absolute atomic E-state index is 13.0. The van der Waals surface area contributed by atoms with Crippen molar-refractivity contribution in [2.45, 2.75) is 58.4 Å². The first-order valence-corrected chi connectivity index (χ1v) is 9.56. The number of alkyl halides is 3. The Labute approximate surface area is 167 Å². The van der Waals surface area contributed by atoms with Crippen molar-refractivity contribution in [1.82, 2.24) is 19.8 Å². The minimum Gasteiger partial charge on any atom is -0.444 e. The number of hydrogen-bond donors (Lipinski definition) is 0. The third-order valence-corrected chi connectivity index (χ3v) is 5.29. The van der Waals surface area contributed by atoms with E-state index < -0.39 is 29.1 Å². The van der Waals surface area contributed by atoms with Crippen LogP contribution in [0.1, 0.15) is 51.6 Å². The Morgan fingerprint density at radius 1 is 1.17 bits per heavy atom. The van der Waals surface area contributed by atoms with Gasteiger partial charge >= 0.3 is 12.3 Å². The minimum atomic E-state index is -4.62. The topological polar surface area (TPSA) is 75.6 Å². The maximum atomic E-state index is 13.0. The molecule has 3 rings (SSSR count). The molecule has 0 radical (unpaired) electrons. The summed E-state index contributed by atoms with van der Waals surface area (Å²) in [7, 11) is 0. The summed E-state index contributed by atoms with van der Waals surface area (Å²) in [5.74, 6) is -1.30. The molecule has 160 valence electrons. The molecule has 0 N–H and O–H groups in total. The van der Waals surface area contributed by atoms with E-state index in [9.17, 15) is 22.8 Å². The van der Waals surface area contributed by atoms with Crippen LogP contribution in [0, 0.1) is 5.41 Å². The summed E-state index contributed by atoms with van der Waals surface area (Å²) in [6.07, 6.45) is -2.32. The van der Waals surface area contributed by atoms with Gasteiger partial charge in [-0.3, -0.25) is 4.79 Å². The highest BCUT2D eigenvalue weighted by molar-refractivity contribution is 5.85. The van der Waals surface area contributed by atoms with Gasteiger partial charge in [-0.1, -0.05) is 0 Å². The van der Waals surface area contributed by atoms with Crippen molar-refractivity contribution in [2.24, 2.45) is 5.41 Å². The van der Waals surface area contributed by atoms with Crippen LogP contribution in [-0.2, 0) is 22.3 Å². The summed E-state index contributed by atoms with van der Waals surface area (Å²) in [5, 5.41) is 0. The fourth-order valence-corrected chi connectivity index (χ4v) is 3.77. The number of hydrogen-bond acceptors (Lipinski definition) is 5. The predicted octanol–water partition coefficient (Wildman–Crippen LogP) is 3.25. The van der Waals surface area contributed by atoms with Gasteiger partial charge in [-0.15, -0.1) is 0 Å². The number of aromatic nitrogens is 2. The lowest BCUT2D eigenvalue weighted by Crippen LogP contribution is -2.47. The van der Waals surface area contributed by atoms with Crippen molar-refractivity contribution in [3.8, 4) is 0 Å². The molecule has 2 aliphatic heterocycles. The molecule has 1 spiro atoms. The summed E-state index contributed by atoms with van der Waals surface area (Å²) in [5.41, 5.74) is -0.999. The van der Waals surface area contributed by atoms with Crippen LogP contribution in [0.3, 0.4) is 0 Å². The average Bonchev–Trinajstić information content (AvgIpc) is 2.90. The molecule has 0 aromatic carbocycles. The van der Waals surface area contributed by atoms with Crippen LogP contribution in [0.4, 0.5) is 18.0 Å². The minimum absolute atomic E-state index is 0.0158. The second-order valence-corrected chi connectivity index (χ2v) is 8.59. The molecule has 0 atom stereocenters. The quantitative estimate of drug-likeness (QED) is 0.743. The Morgan fingerprint density at radius 2 is 1.79 bits per heavy atom. The summed E-state index contributed by atoms with van der Waals surface area (Å²) in [4.78, 5) is 35.2. The first kappa shape index (κ1) is 21.3. The normalized spacial score (nSPS) is 19.7. The van der Waals surface area contributed by atoms with Crippen molar-refractivity contribution < 1.29 is 27.5 Å². The molecule has 7 nitrogen and oxygen atoms in total. The first-order valence-electron chi connectivity index (χ1n) is 9.56. The van der Waals surface area contributed by atoms with Gasteiger partial charge in [0.2, 0.25) is 11.7 Å². The van der Waals surface area contributed by atoms with E-state index in [0.29, 0.717) is 38.9 Å². The highest BCUT2D eigenvalue weighted by Gasteiger charge is 2.49. The smallest absolute Gasteiger partial charge is 0.444 e. The SMILES string of the molecule is CC(C)(C)OC(=O)N1CCC2(CC1)CCN(Cc1ccnc(C(F)(F)F)n1)C2=O. The number of piperidine rings is 1. The molecule has 0 aliphatic carbocycles. The molecule has 2 aliphatic rings. The number of ether oxygens (including phenoxy) is 1. The van der Waals surface area contributed by atoms with E-state index in [2.05, 4.69) is 9.97 Å². The lowest BCUT2D eigenvalue weighted by molar-refractivity contribution is -0.145. The maximum Gasteiger partial charge on any atom is 0.451 e. The van der Waals surface area contributed by atoms with Crippen molar-refractivity contribution in [3.05, 3.63) is 23.8 Å². The summed E-state index contributed by atoms with van der Waals surface area (Å²) < 4.78 is 43.8. The van der Waals surface area contributed by atoms with E-state index in [0.717, 1.165) is 6.20 Å². The molecule has 2 fully saturated rings. The highest BCUT2D eigenvalue weighted by atomic mass is 19.4. The molecule has 0 bridgehead atoms. The summed E-state index contributed by atoms with van der Waals surface area (Å²) in [6.45, 7) is 6.70. The molecular weight excluding hydrogens is 389 g/mol. The molecule has 0 saturated carbocycles. The first-order chi connectivity index (χ1) is 13.4. The zero-order valence-corrected chi connectivity index (χ0v) is 16.8. The summed E-state index contributed by atoms with van der Waals surface area (Å²) >= 11 is 0. The molecule has 1 aromatic rings. The van der Waals surface area contributed by atoms with Gasteiger partial charge in [0.05, 0.1) is 17.7 Å². The van der Waals surface area contributed by atoms with E-state index in [1.807, 2.05) is 0 Å². The largest absolute Gasteiger partial charge is 0.451 e. The van der Waals surface area contributed by atoms with Crippen molar-refractivity contribution in [1.29, 1.82) is 0 Å². The Balaban J connectivity index is 1.62. The van der Waals surface area contributed by atoms with Crippen molar-refractivity contribution in [3.63, 3.8) is 0 Å².